The molecule has 3 rings (SSSR count). The van der Waals surface area contributed by atoms with E-state index in [2.05, 4.69) is 22.5 Å². The zero-order valence-electron chi connectivity index (χ0n) is 14.2. The van der Waals surface area contributed by atoms with Crippen molar-refractivity contribution < 1.29 is 9.90 Å². The number of aliphatic imine (C=N–C) groups is 1. The summed E-state index contributed by atoms with van der Waals surface area (Å²) in [7, 11) is 0. The SMILES string of the molecule is CCNC(=NCC1(O)CCCC1)N1CCCC2(CNC(=O)C2)C1. The first-order chi connectivity index (χ1) is 11.0. The molecule has 1 spiro atoms. The van der Waals surface area contributed by atoms with Gasteiger partial charge in [-0.2, -0.15) is 0 Å². The van der Waals surface area contributed by atoms with Gasteiger partial charge in [-0.1, -0.05) is 12.8 Å². The Kier molecular flexibility index (Phi) is 4.80. The molecule has 0 bridgehead atoms. The van der Waals surface area contributed by atoms with Crippen molar-refractivity contribution in [3.63, 3.8) is 0 Å². The molecular weight excluding hydrogens is 292 g/mol. The summed E-state index contributed by atoms with van der Waals surface area (Å²) in [6, 6.07) is 0. The highest BCUT2D eigenvalue weighted by atomic mass is 16.3. The first-order valence-corrected chi connectivity index (χ1v) is 9.07. The molecule has 3 fully saturated rings. The van der Waals surface area contributed by atoms with Crippen molar-refractivity contribution in [3.05, 3.63) is 0 Å². The van der Waals surface area contributed by atoms with Crippen molar-refractivity contribution >= 4 is 11.9 Å². The van der Waals surface area contributed by atoms with Crippen LogP contribution in [0.5, 0.6) is 0 Å². The Hall–Kier alpha value is -1.30. The number of hydrogen-bond donors (Lipinski definition) is 3. The number of hydrogen-bond acceptors (Lipinski definition) is 3. The lowest BCUT2D eigenvalue weighted by molar-refractivity contribution is -0.119. The smallest absolute Gasteiger partial charge is 0.220 e. The number of aliphatic hydroxyl groups is 1. The molecule has 1 amide bonds. The molecule has 130 valence electrons. The average Bonchev–Trinajstić information content (AvgIpc) is 3.11. The number of carbonyl (C=O) groups excluding carboxylic acids is 1. The van der Waals surface area contributed by atoms with E-state index in [0.717, 1.165) is 70.7 Å². The Morgan fingerprint density at radius 3 is 2.78 bits per heavy atom. The van der Waals surface area contributed by atoms with Gasteiger partial charge in [-0.15, -0.1) is 0 Å². The highest BCUT2D eigenvalue weighted by molar-refractivity contribution is 5.81. The third-order valence-corrected chi connectivity index (χ3v) is 5.55. The van der Waals surface area contributed by atoms with Crippen LogP contribution in [-0.2, 0) is 4.79 Å². The van der Waals surface area contributed by atoms with Gasteiger partial charge in [0.2, 0.25) is 5.91 Å². The zero-order valence-corrected chi connectivity index (χ0v) is 14.2. The second-order valence-corrected chi connectivity index (χ2v) is 7.58. The normalized spacial score (nSPS) is 30.8. The molecule has 0 aromatic heterocycles. The summed E-state index contributed by atoms with van der Waals surface area (Å²) in [5.41, 5.74) is -0.547. The van der Waals surface area contributed by atoms with Gasteiger partial charge in [-0.3, -0.25) is 9.79 Å². The molecule has 0 radical (unpaired) electrons. The van der Waals surface area contributed by atoms with Gasteiger partial charge < -0.3 is 20.6 Å². The largest absolute Gasteiger partial charge is 0.388 e. The quantitative estimate of drug-likeness (QED) is 0.532. The van der Waals surface area contributed by atoms with E-state index in [4.69, 9.17) is 4.99 Å². The van der Waals surface area contributed by atoms with Gasteiger partial charge in [0.1, 0.15) is 0 Å². The van der Waals surface area contributed by atoms with Gasteiger partial charge >= 0.3 is 0 Å². The standard InChI is InChI=1S/C17H30N4O2/c1-2-18-15(20-12-17(23)7-3-4-8-17)21-9-5-6-16(13-21)10-14(22)19-11-16/h23H,2-13H2,1H3,(H,18,20)(H,19,22). The van der Waals surface area contributed by atoms with Crippen LogP contribution in [0.2, 0.25) is 0 Å². The van der Waals surface area contributed by atoms with Crippen LogP contribution in [0.4, 0.5) is 0 Å². The molecule has 0 aromatic rings. The number of nitrogens with zero attached hydrogens (tertiary/aromatic N) is 2. The van der Waals surface area contributed by atoms with E-state index < -0.39 is 5.60 Å². The van der Waals surface area contributed by atoms with Gasteiger partial charge in [0.25, 0.3) is 0 Å². The predicted molar refractivity (Wildman–Crippen MR) is 90.3 cm³/mol. The van der Waals surface area contributed by atoms with Crippen LogP contribution in [0.1, 0.15) is 51.9 Å². The molecule has 1 aliphatic carbocycles. The van der Waals surface area contributed by atoms with E-state index >= 15 is 0 Å². The van der Waals surface area contributed by atoms with Crippen molar-refractivity contribution in [1.29, 1.82) is 0 Å². The Labute approximate surface area is 138 Å². The molecule has 6 nitrogen and oxygen atoms in total. The molecule has 1 unspecified atom stereocenters. The van der Waals surface area contributed by atoms with E-state index in [-0.39, 0.29) is 11.3 Å². The fourth-order valence-corrected chi connectivity index (χ4v) is 4.27. The zero-order chi connectivity index (χ0) is 16.3. The fraction of sp³-hybridized carbons (Fsp3) is 0.882. The third kappa shape index (κ3) is 3.79. The lowest BCUT2D eigenvalue weighted by Crippen LogP contribution is -2.51. The van der Waals surface area contributed by atoms with E-state index in [9.17, 15) is 9.90 Å². The van der Waals surface area contributed by atoms with Crippen LogP contribution in [0, 0.1) is 5.41 Å². The molecule has 2 saturated heterocycles. The maximum Gasteiger partial charge on any atom is 0.220 e. The van der Waals surface area contributed by atoms with Crippen LogP contribution >= 0.6 is 0 Å². The highest BCUT2D eigenvalue weighted by Crippen LogP contribution is 2.36. The summed E-state index contributed by atoms with van der Waals surface area (Å²) in [4.78, 5) is 18.7. The van der Waals surface area contributed by atoms with Crippen LogP contribution in [0.3, 0.4) is 0 Å². The number of rotatable bonds is 3. The average molecular weight is 322 g/mol. The summed E-state index contributed by atoms with van der Waals surface area (Å²) in [5, 5.41) is 16.9. The molecule has 1 saturated carbocycles. The highest BCUT2D eigenvalue weighted by Gasteiger charge is 2.42. The van der Waals surface area contributed by atoms with Crippen LogP contribution in [-0.4, -0.2) is 60.2 Å². The van der Waals surface area contributed by atoms with E-state index in [1.165, 1.54) is 0 Å². The molecular formula is C17H30N4O2. The van der Waals surface area contributed by atoms with Gasteiger partial charge in [-0.25, -0.2) is 0 Å². The molecule has 0 aromatic carbocycles. The molecule has 1 atom stereocenters. The minimum Gasteiger partial charge on any atom is -0.388 e. The topological polar surface area (TPSA) is 77.0 Å². The van der Waals surface area contributed by atoms with Crippen LogP contribution < -0.4 is 10.6 Å². The Morgan fingerprint density at radius 2 is 2.13 bits per heavy atom. The summed E-state index contributed by atoms with van der Waals surface area (Å²) in [6.07, 6.45) is 6.74. The Balaban J connectivity index is 1.68. The van der Waals surface area contributed by atoms with E-state index in [1.54, 1.807) is 0 Å². The number of guanidine groups is 1. The van der Waals surface area contributed by atoms with Gasteiger partial charge in [-0.05, 0) is 32.6 Å². The first kappa shape index (κ1) is 16.6. The summed E-state index contributed by atoms with van der Waals surface area (Å²) in [6.45, 7) is 6.00. The van der Waals surface area contributed by atoms with Gasteiger partial charge in [0, 0.05) is 38.0 Å². The third-order valence-electron chi connectivity index (χ3n) is 5.55. The van der Waals surface area contributed by atoms with Crippen molar-refractivity contribution in [2.75, 3.05) is 32.7 Å². The number of piperidine rings is 1. The molecule has 3 N–H and O–H groups in total. The molecule has 6 heteroatoms. The molecule has 2 aliphatic heterocycles. The number of nitrogens with one attached hydrogen (secondary N) is 2. The van der Waals surface area contributed by atoms with E-state index in [1.807, 2.05) is 0 Å². The predicted octanol–water partition coefficient (Wildman–Crippen LogP) is 0.859. The van der Waals surface area contributed by atoms with Gasteiger partial charge in [0.15, 0.2) is 5.96 Å². The number of carbonyl (C=O) groups is 1. The molecule has 3 aliphatic rings. The lowest BCUT2D eigenvalue weighted by atomic mass is 9.79. The summed E-state index contributed by atoms with van der Waals surface area (Å²) in [5.74, 6) is 1.07. The summed E-state index contributed by atoms with van der Waals surface area (Å²) < 4.78 is 0. The van der Waals surface area contributed by atoms with Crippen molar-refractivity contribution in [2.24, 2.45) is 10.4 Å². The minimum absolute atomic E-state index is 0.0653. The lowest BCUT2D eigenvalue weighted by Gasteiger charge is -2.41. The molecule has 23 heavy (non-hydrogen) atoms. The van der Waals surface area contributed by atoms with Gasteiger partial charge in [0.05, 0.1) is 12.1 Å². The van der Waals surface area contributed by atoms with Crippen molar-refractivity contribution in [3.8, 4) is 0 Å². The number of amides is 1. The van der Waals surface area contributed by atoms with Crippen LogP contribution in [0.25, 0.3) is 0 Å². The molecule has 2 heterocycles. The second-order valence-electron chi connectivity index (χ2n) is 7.58. The fourth-order valence-electron chi connectivity index (χ4n) is 4.27. The summed E-state index contributed by atoms with van der Waals surface area (Å²) >= 11 is 0. The van der Waals surface area contributed by atoms with Crippen LogP contribution in [0.15, 0.2) is 4.99 Å². The van der Waals surface area contributed by atoms with E-state index in [0.29, 0.717) is 13.0 Å². The second kappa shape index (κ2) is 6.67. The van der Waals surface area contributed by atoms with Crippen molar-refractivity contribution in [1.82, 2.24) is 15.5 Å². The maximum absolute atomic E-state index is 11.7. The monoisotopic (exact) mass is 322 g/mol. The Bertz CT molecular complexity index is 473. The minimum atomic E-state index is -0.612. The first-order valence-electron chi connectivity index (χ1n) is 9.07. The number of likely N-dealkylation sites (tertiary alicyclic amines) is 1. The Morgan fingerprint density at radius 1 is 1.35 bits per heavy atom. The maximum atomic E-state index is 11.7. The van der Waals surface area contributed by atoms with Crippen molar-refractivity contribution in [2.45, 2.75) is 57.5 Å².